The Morgan fingerprint density at radius 3 is 2.65 bits per heavy atom. The largest absolute Gasteiger partial charge is 0.492 e. The highest BCUT2D eigenvalue weighted by atomic mass is 35.5. The smallest absolute Gasteiger partial charge is 0.183 e. The molecular formula is C14H13ClN4O. The molecule has 0 radical (unpaired) electrons. The molecule has 0 atom stereocenters. The van der Waals surface area contributed by atoms with Crippen LogP contribution in [0.2, 0.25) is 5.02 Å². The molecule has 0 aliphatic rings. The maximum Gasteiger partial charge on any atom is 0.183 e. The van der Waals surface area contributed by atoms with E-state index in [0.717, 1.165) is 5.75 Å². The van der Waals surface area contributed by atoms with Crippen molar-refractivity contribution in [1.82, 2.24) is 9.97 Å². The summed E-state index contributed by atoms with van der Waals surface area (Å²) in [6.07, 6.45) is 3.06. The van der Waals surface area contributed by atoms with Crippen molar-refractivity contribution in [2.24, 2.45) is 0 Å². The fourth-order valence-electron chi connectivity index (χ4n) is 1.63. The van der Waals surface area contributed by atoms with Gasteiger partial charge in [0.1, 0.15) is 18.4 Å². The van der Waals surface area contributed by atoms with Gasteiger partial charge in [-0.15, -0.1) is 0 Å². The molecule has 0 amide bonds. The molecule has 1 aromatic carbocycles. The first-order valence-electron chi connectivity index (χ1n) is 6.01. The van der Waals surface area contributed by atoms with E-state index in [1.807, 2.05) is 30.1 Å². The first kappa shape index (κ1) is 14.1. The lowest BCUT2D eigenvalue weighted by Gasteiger charge is -2.18. The maximum atomic E-state index is 8.97. The Morgan fingerprint density at radius 1 is 1.25 bits per heavy atom. The van der Waals surface area contributed by atoms with E-state index in [2.05, 4.69) is 9.97 Å². The van der Waals surface area contributed by atoms with E-state index < -0.39 is 0 Å². The molecule has 0 spiro atoms. The number of anilines is 1. The molecule has 1 aromatic heterocycles. The number of nitriles is 1. The number of rotatable bonds is 5. The topological polar surface area (TPSA) is 62.0 Å². The Balaban J connectivity index is 1.91. The number of aromatic nitrogens is 2. The number of halogens is 1. The van der Waals surface area contributed by atoms with Crippen molar-refractivity contribution in [3.8, 4) is 11.8 Å². The summed E-state index contributed by atoms with van der Waals surface area (Å²) < 4.78 is 5.60. The number of hydrogen-bond acceptors (Lipinski definition) is 5. The molecule has 102 valence electrons. The number of nitrogens with zero attached hydrogens (tertiary/aromatic N) is 4. The molecule has 0 saturated heterocycles. The van der Waals surface area contributed by atoms with E-state index in [-0.39, 0.29) is 0 Å². The minimum atomic E-state index is 0.307. The van der Waals surface area contributed by atoms with E-state index in [1.165, 1.54) is 6.20 Å². The summed E-state index contributed by atoms with van der Waals surface area (Å²) in [6, 6.07) is 9.19. The summed E-state index contributed by atoms with van der Waals surface area (Å²) >= 11 is 5.80. The van der Waals surface area contributed by atoms with Crippen LogP contribution in [0.15, 0.2) is 36.7 Å². The van der Waals surface area contributed by atoms with Crippen LogP contribution in [0.1, 0.15) is 5.69 Å². The maximum absolute atomic E-state index is 8.97. The van der Waals surface area contributed by atoms with Crippen molar-refractivity contribution >= 4 is 17.4 Å². The first-order valence-corrected chi connectivity index (χ1v) is 6.39. The molecule has 2 aromatic rings. The average Bonchev–Trinajstić information content (AvgIpc) is 2.49. The monoisotopic (exact) mass is 288 g/mol. The van der Waals surface area contributed by atoms with Gasteiger partial charge in [-0.2, -0.15) is 5.26 Å². The number of hydrogen-bond donors (Lipinski definition) is 0. The zero-order valence-corrected chi connectivity index (χ0v) is 11.7. The van der Waals surface area contributed by atoms with Gasteiger partial charge in [0.25, 0.3) is 0 Å². The summed E-state index contributed by atoms with van der Waals surface area (Å²) in [5.74, 6) is 1.30. The zero-order chi connectivity index (χ0) is 14.4. The van der Waals surface area contributed by atoms with Gasteiger partial charge in [0.05, 0.1) is 6.54 Å². The van der Waals surface area contributed by atoms with E-state index >= 15 is 0 Å². The van der Waals surface area contributed by atoms with E-state index in [9.17, 15) is 0 Å². The normalized spacial score (nSPS) is 9.85. The SMILES string of the molecule is CN(CCOc1ccc(Cl)cc1)c1nccnc1C#N. The molecule has 0 fully saturated rings. The molecule has 6 heteroatoms. The molecule has 5 nitrogen and oxygen atoms in total. The third-order valence-corrected chi connectivity index (χ3v) is 2.91. The van der Waals surface area contributed by atoms with Gasteiger partial charge in [0.2, 0.25) is 0 Å². The molecule has 1 heterocycles. The van der Waals surface area contributed by atoms with Crippen LogP contribution in [0.3, 0.4) is 0 Å². The highest BCUT2D eigenvalue weighted by molar-refractivity contribution is 6.30. The van der Waals surface area contributed by atoms with Gasteiger partial charge >= 0.3 is 0 Å². The van der Waals surface area contributed by atoms with Crippen LogP contribution < -0.4 is 9.64 Å². The second-order valence-electron chi connectivity index (χ2n) is 4.06. The fraction of sp³-hybridized carbons (Fsp3) is 0.214. The Labute approximate surface area is 122 Å². The third kappa shape index (κ3) is 3.59. The lowest BCUT2D eigenvalue weighted by atomic mass is 10.3. The van der Waals surface area contributed by atoms with Crippen molar-refractivity contribution in [2.45, 2.75) is 0 Å². The van der Waals surface area contributed by atoms with Crippen LogP contribution >= 0.6 is 11.6 Å². The summed E-state index contributed by atoms with van der Waals surface area (Å²) in [6.45, 7) is 1.07. The van der Waals surface area contributed by atoms with Crippen LogP contribution in [0.4, 0.5) is 5.82 Å². The summed E-state index contributed by atoms with van der Waals surface area (Å²) in [4.78, 5) is 9.96. The van der Waals surface area contributed by atoms with Gasteiger partial charge < -0.3 is 9.64 Å². The molecular weight excluding hydrogens is 276 g/mol. The van der Waals surface area contributed by atoms with Crippen molar-refractivity contribution in [3.63, 3.8) is 0 Å². The van der Waals surface area contributed by atoms with E-state index in [1.54, 1.807) is 18.3 Å². The summed E-state index contributed by atoms with van der Waals surface area (Å²) in [5, 5.41) is 9.65. The summed E-state index contributed by atoms with van der Waals surface area (Å²) in [7, 11) is 1.84. The van der Waals surface area contributed by atoms with Gasteiger partial charge in [-0.25, -0.2) is 9.97 Å². The Bertz CT molecular complexity index is 609. The summed E-state index contributed by atoms with van der Waals surface area (Å²) in [5.41, 5.74) is 0.307. The van der Waals surface area contributed by atoms with Crippen molar-refractivity contribution in [3.05, 3.63) is 47.4 Å². The standard InChI is InChI=1S/C14H13ClN4O/c1-19(14-13(10-16)17-6-7-18-14)8-9-20-12-4-2-11(15)3-5-12/h2-7H,8-9H2,1H3. The van der Waals surface area contributed by atoms with Crippen LogP contribution in [0.5, 0.6) is 5.75 Å². The quantitative estimate of drug-likeness (QED) is 0.846. The van der Waals surface area contributed by atoms with Crippen LogP contribution in [-0.4, -0.2) is 30.2 Å². The van der Waals surface area contributed by atoms with Crippen LogP contribution in [0, 0.1) is 11.3 Å². The lowest BCUT2D eigenvalue weighted by molar-refractivity contribution is 0.325. The average molecular weight is 289 g/mol. The van der Waals surface area contributed by atoms with E-state index in [4.69, 9.17) is 21.6 Å². The molecule has 20 heavy (non-hydrogen) atoms. The molecule has 0 saturated carbocycles. The predicted octanol–water partition coefficient (Wildman–Crippen LogP) is 2.52. The Hall–Kier alpha value is -2.32. The number of likely N-dealkylation sites (N-methyl/N-ethyl adjacent to an activating group) is 1. The molecule has 0 unspecified atom stereocenters. The lowest BCUT2D eigenvalue weighted by Crippen LogP contribution is -2.25. The molecule has 0 aliphatic heterocycles. The Kier molecular flexibility index (Phi) is 4.75. The third-order valence-electron chi connectivity index (χ3n) is 2.66. The van der Waals surface area contributed by atoms with Gasteiger partial charge in [0.15, 0.2) is 11.5 Å². The second kappa shape index (κ2) is 6.73. The van der Waals surface area contributed by atoms with Crippen LogP contribution in [-0.2, 0) is 0 Å². The minimum Gasteiger partial charge on any atom is -0.492 e. The highest BCUT2D eigenvalue weighted by Crippen LogP contribution is 2.16. The zero-order valence-electron chi connectivity index (χ0n) is 11.0. The molecule has 0 bridgehead atoms. The number of ether oxygens (including phenoxy) is 1. The fourth-order valence-corrected chi connectivity index (χ4v) is 1.75. The van der Waals surface area contributed by atoms with Crippen molar-refractivity contribution < 1.29 is 4.74 Å². The van der Waals surface area contributed by atoms with E-state index in [0.29, 0.717) is 29.7 Å². The van der Waals surface area contributed by atoms with Gasteiger partial charge in [-0.1, -0.05) is 11.6 Å². The Morgan fingerprint density at radius 2 is 1.95 bits per heavy atom. The van der Waals surface area contributed by atoms with Gasteiger partial charge in [-0.3, -0.25) is 0 Å². The van der Waals surface area contributed by atoms with Crippen molar-refractivity contribution in [2.75, 3.05) is 25.1 Å². The highest BCUT2D eigenvalue weighted by Gasteiger charge is 2.09. The predicted molar refractivity (Wildman–Crippen MR) is 77.0 cm³/mol. The first-order chi connectivity index (χ1) is 9.70. The molecule has 0 aliphatic carbocycles. The minimum absolute atomic E-state index is 0.307. The second-order valence-corrected chi connectivity index (χ2v) is 4.50. The van der Waals surface area contributed by atoms with Crippen molar-refractivity contribution in [1.29, 1.82) is 5.26 Å². The van der Waals surface area contributed by atoms with Gasteiger partial charge in [-0.05, 0) is 24.3 Å². The molecule has 0 N–H and O–H groups in total. The molecule has 2 rings (SSSR count). The van der Waals surface area contributed by atoms with Gasteiger partial charge in [0, 0.05) is 24.5 Å². The van der Waals surface area contributed by atoms with Crippen LogP contribution in [0.25, 0.3) is 0 Å². The number of benzene rings is 1.